The molecule has 0 aliphatic heterocycles. The highest BCUT2D eigenvalue weighted by Crippen LogP contribution is 1.97. The molecule has 0 spiro atoms. The van der Waals surface area contributed by atoms with E-state index in [1.807, 2.05) is 0 Å². The van der Waals surface area contributed by atoms with E-state index in [0.29, 0.717) is 32.4 Å². The number of primary amides is 1. The van der Waals surface area contributed by atoms with E-state index in [2.05, 4.69) is 5.32 Å². The number of nitrogens with one attached hydrogen (secondary N) is 1. The first-order chi connectivity index (χ1) is 13.0. The summed E-state index contributed by atoms with van der Waals surface area (Å²) in [6, 6.07) is -2.15. The molecule has 12 N–H and O–H groups in total. The molecule has 0 aliphatic rings. The van der Waals surface area contributed by atoms with Gasteiger partial charge in [-0.05, 0) is 38.6 Å². The number of carboxylic acids is 3. The van der Waals surface area contributed by atoms with Crippen molar-refractivity contribution in [3.8, 4) is 0 Å². The van der Waals surface area contributed by atoms with Gasteiger partial charge in [-0.25, -0.2) is 4.79 Å². The zero-order chi connectivity index (χ0) is 22.5. The van der Waals surface area contributed by atoms with Crippen molar-refractivity contribution in [3.63, 3.8) is 0 Å². The van der Waals surface area contributed by atoms with Gasteiger partial charge in [0.05, 0.1) is 0 Å². The molecule has 0 aliphatic carbocycles. The lowest BCUT2D eigenvalue weighted by atomic mass is 10.2. The maximum absolute atomic E-state index is 10.2. The summed E-state index contributed by atoms with van der Waals surface area (Å²) in [5, 5.41) is 26.9. The molecule has 0 aromatic carbocycles. The van der Waals surface area contributed by atoms with Crippen LogP contribution in [0, 0.1) is 0 Å². The van der Waals surface area contributed by atoms with E-state index in [1.54, 1.807) is 6.92 Å². The van der Waals surface area contributed by atoms with E-state index in [0.717, 1.165) is 19.3 Å². The molecule has 12 nitrogen and oxygen atoms in total. The van der Waals surface area contributed by atoms with Crippen molar-refractivity contribution in [3.05, 3.63) is 0 Å². The van der Waals surface area contributed by atoms with Crippen molar-refractivity contribution in [1.82, 2.24) is 5.32 Å². The first-order valence-corrected chi connectivity index (χ1v) is 8.91. The van der Waals surface area contributed by atoms with Gasteiger partial charge in [0.1, 0.15) is 12.1 Å². The van der Waals surface area contributed by atoms with Crippen LogP contribution < -0.4 is 28.3 Å². The highest BCUT2D eigenvalue weighted by Gasteiger charge is 2.09. The molecular weight excluding hydrogens is 374 g/mol. The highest BCUT2D eigenvalue weighted by molar-refractivity contribution is 5.73. The minimum absolute atomic E-state index is 0.278. The van der Waals surface area contributed by atoms with Crippen LogP contribution in [0.3, 0.4) is 0 Å². The van der Waals surface area contributed by atoms with E-state index in [1.165, 1.54) is 0 Å². The minimum atomic E-state index is -1.03. The molecule has 0 saturated heterocycles. The van der Waals surface area contributed by atoms with Gasteiger partial charge in [-0.15, -0.1) is 0 Å². The highest BCUT2D eigenvalue weighted by atomic mass is 16.4. The summed E-state index contributed by atoms with van der Waals surface area (Å²) in [5.74, 6) is -2.68. The Labute approximate surface area is 164 Å². The first-order valence-electron chi connectivity index (χ1n) is 8.91. The SMILES string of the molecule is CCC(N)C(=O)O.NC(=O)NCCCC(N)C(=O)O.NCCCCCC(=O)O. The van der Waals surface area contributed by atoms with Crippen LogP contribution >= 0.6 is 0 Å². The third-order valence-electron chi connectivity index (χ3n) is 3.16. The van der Waals surface area contributed by atoms with Crippen molar-refractivity contribution in [2.75, 3.05) is 13.1 Å². The number of unbranched alkanes of at least 4 members (excludes halogenated alkanes) is 2. The first kappa shape index (κ1) is 30.3. The van der Waals surface area contributed by atoms with Crippen molar-refractivity contribution in [2.45, 2.75) is 64.0 Å². The molecule has 0 bridgehead atoms. The summed E-state index contributed by atoms with van der Waals surface area (Å²) < 4.78 is 0. The van der Waals surface area contributed by atoms with Gasteiger partial charge >= 0.3 is 23.9 Å². The normalized spacial score (nSPS) is 11.6. The van der Waals surface area contributed by atoms with Crippen LogP contribution in [0.15, 0.2) is 0 Å². The number of carboxylic acid groups (broad SMARTS) is 3. The monoisotopic (exact) mass is 409 g/mol. The van der Waals surface area contributed by atoms with Crippen molar-refractivity contribution >= 4 is 23.9 Å². The molecule has 166 valence electrons. The van der Waals surface area contributed by atoms with Gasteiger partial charge in [0.2, 0.25) is 0 Å². The second kappa shape index (κ2) is 20.9. The molecule has 0 fully saturated rings. The number of rotatable bonds is 12. The predicted molar refractivity (Wildman–Crippen MR) is 103 cm³/mol. The molecular formula is C16H35N5O7. The van der Waals surface area contributed by atoms with Gasteiger partial charge in [0, 0.05) is 13.0 Å². The van der Waals surface area contributed by atoms with E-state index in [9.17, 15) is 19.2 Å². The molecule has 0 rings (SSSR count). The number of carbonyl (C=O) groups excluding carboxylic acids is 1. The van der Waals surface area contributed by atoms with Gasteiger partial charge in [-0.1, -0.05) is 13.3 Å². The van der Waals surface area contributed by atoms with Crippen molar-refractivity contribution in [1.29, 1.82) is 0 Å². The fourth-order valence-corrected chi connectivity index (χ4v) is 1.43. The second-order valence-corrected chi connectivity index (χ2v) is 5.72. The number of hydrogen-bond donors (Lipinski definition) is 8. The average Bonchev–Trinajstić information content (AvgIpc) is 2.62. The predicted octanol–water partition coefficient (Wildman–Crippen LogP) is -0.755. The lowest BCUT2D eigenvalue weighted by molar-refractivity contribution is -0.139. The van der Waals surface area contributed by atoms with Crippen LogP contribution in [0.2, 0.25) is 0 Å². The Hall–Kier alpha value is -2.44. The van der Waals surface area contributed by atoms with Gasteiger partial charge < -0.3 is 43.6 Å². The standard InChI is InChI=1S/C6H13N3O3.C6H13NO2.C4H9NO2/c7-4(5(10)11)2-1-3-9-6(8)12;7-5-3-1-2-4-6(8)9;1-2-3(5)4(6)7/h4H,1-3,7H2,(H,10,11)(H3,8,9,12);1-5,7H2,(H,8,9);3H,2,5H2,1H3,(H,6,7). The molecule has 0 heterocycles. The zero-order valence-electron chi connectivity index (χ0n) is 16.3. The van der Waals surface area contributed by atoms with Crippen LogP contribution in [0.25, 0.3) is 0 Å². The van der Waals surface area contributed by atoms with Gasteiger partial charge in [-0.2, -0.15) is 0 Å². The fourth-order valence-electron chi connectivity index (χ4n) is 1.43. The number of urea groups is 1. The third-order valence-corrected chi connectivity index (χ3v) is 3.16. The van der Waals surface area contributed by atoms with Crippen LogP contribution in [0.4, 0.5) is 4.79 Å². The average molecular weight is 409 g/mol. The van der Waals surface area contributed by atoms with Gasteiger partial charge in [0.15, 0.2) is 0 Å². The largest absolute Gasteiger partial charge is 0.481 e. The summed E-state index contributed by atoms with van der Waals surface area (Å²) in [4.78, 5) is 40.1. The Morgan fingerprint density at radius 1 is 0.893 bits per heavy atom. The number of nitrogens with two attached hydrogens (primary N) is 4. The van der Waals surface area contributed by atoms with Crippen molar-refractivity contribution in [2.24, 2.45) is 22.9 Å². The lowest BCUT2D eigenvalue weighted by Crippen LogP contribution is -2.33. The van der Waals surface area contributed by atoms with E-state index in [-0.39, 0.29) is 6.42 Å². The summed E-state index contributed by atoms with van der Waals surface area (Å²) in [6.45, 7) is 2.76. The molecule has 2 atom stereocenters. The Bertz CT molecular complexity index is 449. The minimum Gasteiger partial charge on any atom is -0.481 e. The van der Waals surface area contributed by atoms with Crippen molar-refractivity contribution < 1.29 is 34.5 Å². The van der Waals surface area contributed by atoms with Gasteiger partial charge in [-0.3, -0.25) is 14.4 Å². The number of hydrogen-bond acceptors (Lipinski definition) is 7. The molecule has 2 unspecified atom stereocenters. The number of amides is 2. The van der Waals surface area contributed by atoms with Crippen LogP contribution in [-0.2, 0) is 14.4 Å². The Kier molecular flexibility index (Phi) is 22.6. The molecule has 2 amide bonds. The molecule has 0 radical (unpaired) electrons. The number of carbonyl (C=O) groups is 4. The van der Waals surface area contributed by atoms with Crippen LogP contribution in [0.5, 0.6) is 0 Å². The Morgan fingerprint density at radius 2 is 1.43 bits per heavy atom. The van der Waals surface area contributed by atoms with E-state index < -0.39 is 36.0 Å². The molecule has 0 saturated carbocycles. The summed E-state index contributed by atoms with van der Waals surface area (Å²) in [6.07, 6.45) is 4.24. The number of aliphatic carboxylic acids is 3. The Morgan fingerprint density at radius 3 is 1.75 bits per heavy atom. The summed E-state index contributed by atoms with van der Waals surface area (Å²) >= 11 is 0. The van der Waals surface area contributed by atoms with Crippen LogP contribution in [-0.4, -0.2) is 64.4 Å². The topological polar surface area (TPSA) is 245 Å². The second-order valence-electron chi connectivity index (χ2n) is 5.72. The van der Waals surface area contributed by atoms with Crippen LogP contribution in [0.1, 0.15) is 51.9 Å². The molecule has 12 heteroatoms. The smallest absolute Gasteiger partial charge is 0.320 e. The maximum Gasteiger partial charge on any atom is 0.320 e. The molecule has 0 aromatic rings. The third kappa shape index (κ3) is 28.4. The Balaban J connectivity index is -0.000000349. The fraction of sp³-hybridized carbons (Fsp3) is 0.750. The lowest BCUT2D eigenvalue weighted by Gasteiger charge is -2.05. The summed E-state index contributed by atoms with van der Waals surface area (Å²) in [5.41, 5.74) is 20.2. The molecule has 0 aromatic heterocycles. The molecule has 28 heavy (non-hydrogen) atoms. The van der Waals surface area contributed by atoms with E-state index in [4.69, 9.17) is 38.3 Å². The van der Waals surface area contributed by atoms with E-state index >= 15 is 0 Å². The summed E-state index contributed by atoms with van der Waals surface area (Å²) in [7, 11) is 0. The van der Waals surface area contributed by atoms with Gasteiger partial charge in [0.25, 0.3) is 0 Å². The quantitative estimate of drug-likeness (QED) is 0.187. The zero-order valence-corrected chi connectivity index (χ0v) is 16.3. The maximum atomic E-state index is 10.2.